The molecule has 1 heterocycles. The fourth-order valence-electron chi connectivity index (χ4n) is 1.57. The Labute approximate surface area is 122 Å². The lowest BCUT2D eigenvalue weighted by Gasteiger charge is -2.06. The minimum Gasteiger partial charge on any atom is -0.313 e. The van der Waals surface area contributed by atoms with E-state index in [1.54, 1.807) is 31.2 Å². The summed E-state index contributed by atoms with van der Waals surface area (Å²) in [5.74, 6) is 0. The van der Waals surface area contributed by atoms with Crippen molar-refractivity contribution >= 4 is 26.5 Å². The molecule has 8 heteroatoms. The van der Waals surface area contributed by atoms with Crippen LogP contribution in [0.15, 0.2) is 29.2 Å². The standard InChI is InChI=1S/C12H16N4O2S2/c1-3-13-8-10-4-6-11(7-5-10)20(17,18)16-12-15-14-9(2)19-12/h4-7,13H,3,8H2,1-2H3,(H,15,16). The third-order valence-corrected chi connectivity index (χ3v) is 4.80. The molecule has 0 saturated carbocycles. The molecule has 0 fully saturated rings. The van der Waals surface area contributed by atoms with Crippen LogP contribution in [-0.2, 0) is 16.6 Å². The van der Waals surface area contributed by atoms with Crippen molar-refractivity contribution in [3.05, 3.63) is 34.8 Å². The lowest BCUT2D eigenvalue weighted by Crippen LogP contribution is -2.14. The highest BCUT2D eigenvalue weighted by Gasteiger charge is 2.16. The molecule has 0 unspecified atom stereocenters. The summed E-state index contributed by atoms with van der Waals surface area (Å²) in [7, 11) is -3.60. The maximum Gasteiger partial charge on any atom is 0.263 e. The van der Waals surface area contributed by atoms with Crippen molar-refractivity contribution in [2.24, 2.45) is 0 Å². The molecule has 1 aromatic heterocycles. The number of aryl methyl sites for hydroxylation is 1. The topological polar surface area (TPSA) is 84.0 Å². The Balaban J connectivity index is 2.13. The molecule has 0 aliphatic rings. The molecule has 108 valence electrons. The largest absolute Gasteiger partial charge is 0.313 e. The number of sulfonamides is 1. The van der Waals surface area contributed by atoms with E-state index in [4.69, 9.17) is 0 Å². The summed E-state index contributed by atoms with van der Waals surface area (Å²) in [6, 6.07) is 6.76. The van der Waals surface area contributed by atoms with Gasteiger partial charge < -0.3 is 5.32 Å². The second-order valence-corrected chi connectivity index (χ2v) is 7.02. The summed E-state index contributed by atoms with van der Waals surface area (Å²) in [5, 5.41) is 11.7. The van der Waals surface area contributed by atoms with Crippen LogP contribution in [-0.4, -0.2) is 25.2 Å². The van der Waals surface area contributed by atoms with Gasteiger partial charge >= 0.3 is 0 Å². The Bertz CT molecular complexity index is 665. The van der Waals surface area contributed by atoms with Gasteiger partial charge in [0.05, 0.1) is 4.90 Å². The van der Waals surface area contributed by atoms with Crippen LogP contribution in [0.2, 0.25) is 0 Å². The highest BCUT2D eigenvalue weighted by atomic mass is 32.2. The van der Waals surface area contributed by atoms with Gasteiger partial charge in [-0.1, -0.05) is 30.4 Å². The Morgan fingerprint density at radius 1 is 1.20 bits per heavy atom. The molecule has 6 nitrogen and oxygen atoms in total. The number of anilines is 1. The van der Waals surface area contributed by atoms with Crippen LogP contribution in [0.3, 0.4) is 0 Å². The van der Waals surface area contributed by atoms with Crippen LogP contribution >= 0.6 is 11.3 Å². The van der Waals surface area contributed by atoms with E-state index in [0.717, 1.165) is 18.7 Å². The quantitative estimate of drug-likeness (QED) is 0.849. The van der Waals surface area contributed by atoms with E-state index in [-0.39, 0.29) is 10.0 Å². The number of rotatable bonds is 6. The van der Waals surface area contributed by atoms with Gasteiger partial charge in [0.25, 0.3) is 10.0 Å². The predicted octanol–water partition coefficient (Wildman–Crippen LogP) is 1.76. The van der Waals surface area contributed by atoms with E-state index in [9.17, 15) is 8.42 Å². The number of hydrogen-bond acceptors (Lipinski definition) is 6. The fraction of sp³-hybridized carbons (Fsp3) is 0.333. The van der Waals surface area contributed by atoms with Gasteiger partial charge in [0.1, 0.15) is 5.01 Å². The van der Waals surface area contributed by atoms with Gasteiger partial charge in [0.2, 0.25) is 5.13 Å². The van der Waals surface area contributed by atoms with Crippen molar-refractivity contribution in [3.63, 3.8) is 0 Å². The third kappa shape index (κ3) is 3.75. The Morgan fingerprint density at radius 2 is 1.90 bits per heavy atom. The maximum absolute atomic E-state index is 12.1. The molecule has 0 radical (unpaired) electrons. The van der Waals surface area contributed by atoms with E-state index in [1.807, 2.05) is 6.92 Å². The second kappa shape index (κ2) is 6.29. The van der Waals surface area contributed by atoms with Crippen molar-refractivity contribution < 1.29 is 8.42 Å². The third-order valence-electron chi connectivity index (χ3n) is 2.56. The fourth-order valence-corrected chi connectivity index (χ4v) is 3.39. The van der Waals surface area contributed by atoms with Crippen LogP contribution < -0.4 is 10.0 Å². The Kier molecular flexibility index (Phi) is 4.69. The van der Waals surface area contributed by atoms with Gasteiger partial charge in [0, 0.05) is 6.54 Å². The minimum atomic E-state index is -3.60. The molecule has 20 heavy (non-hydrogen) atoms. The zero-order valence-electron chi connectivity index (χ0n) is 11.3. The number of aromatic nitrogens is 2. The van der Waals surface area contributed by atoms with Crippen LogP contribution in [0.5, 0.6) is 0 Å². The van der Waals surface area contributed by atoms with E-state index in [1.165, 1.54) is 11.3 Å². The minimum absolute atomic E-state index is 0.214. The summed E-state index contributed by atoms with van der Waals surface area (Å²) in [4.78, 5) is 0.214. The predicted molar refractivity (Wildman–Crippen MR) is 79.3 cm³/mol. The van der Waals surface area contributed by atoms with Crippen LogP contribution in [0.25, 0.3) is 0 Å². The molecule has 0 aliphatic heterocycles. The van der Waals surface area contributed by atoms with E-state index < -0.39 is 10.0 Å². The zero-order valence-corrected chi connectivity index (χ0v) is 12.9. The van der Waals surface area contributed by atoms with Crippen molar-refractivity contribution in [1.29, 1.82) is 0 Å². The van der Waals surface area contributed by atoms with E-state index >= 15 is 0 Å². The summed E-state index contributed by atoms with van der Waals surface area (Å²) >= 11 is 1.20. The van der Waals surface area contributed by atoms with Crippen LogP contribution in [0, 0.1) is 6.92 Å². The average molecular weight is 312 g/mol. The van der Waals surface area contributed by atoms with Gasteiger partial charge in [-0.2, -0.15) is 0 Å². The first-order valence-corrected chi connectivity index (χ1v) is 8.44. The second-order valence-electron chi connectivity index (χ2n) is 4.16. The van der Waals surface area contributed by atoms with Crippen molar-refractivity contribution in [2.75, 3.05) is 11.3 Å². The van der Waals surface area contributed by atoms with Gasteiger partial charge in [0.15, 0.2) is 0 Å². The first-order chi connectivity index (χ1) is 9.51. The lowest BCUT2D eigenvalue weighted by molar-refractivity contribution is 0.601. The van der Waals surface area contributed by atoms with Gasteiger partial charge in [-0.3, -0.25) is 4.72 Å². The summed E-state index contributed by atoms with van der Waals surface area (Å²) < 4.78 is 26.7. The molecule has 0 spiro atoms. The molecule has 0 atom stereocenters. The first-order valence-electron chi connectivity index (χ1n) is 6.14. The summed E-state index contributed by atoms with van der Waals surface area (Å²) in [5.41, 5.74) is 1.04. The molecule has 2 rings (SSSR count). The number of hydrogen-bond donors (Lipinski definition) is 2. The van der Waals surface area contributed by atoms with Crippen molar-refractivity contribution in [2.45, 2.75) is 25.3 Å². The summed E-state index contributed by atoms with van der Waals surface area (Å²) in [6.45, 7) is 5.38. The zero-order chi connectivity index (χ0) is 14.6. The number of nitrogens with zero attached hydrogens (tertiary/aromatic N) is 2. The smallest absolute Gasteiger partial charge is 0.263 e. The number of benzene rings is 1. The number of nitrogens with one attached hydrogen (secondary N) is 2. The SMILES string of the molecule is CCNCc1ccc(S(=O)(=O)Nc2nnc(C)s2)cc1. The highest BCUT2D eigenvalue weighted by Crippen LogP contribution is 2.19. The first kappa shape index (κ1) is 14.9. The molecule has 0 saturated heterocycles. The molecular formula is C12H16N4O2S2. The van der Waals surface area contributed by atoms with E-state index in [0.29, 0.717) is 5.01 Å². The highest BCUT2D eigenvalue weighted by molar-refractivity contribution is 7.93. The van der Waals surface area contributed by atoms with Crippen LogP contribution in [0.1, 0.15) is 17.5 Å². The maximum atomic E-state index is 12.1. The molecule has 1 aromatic carbocycles. The Morgan fingerprint density at radius 3 is 2.45 bits per heavy atom. The van der Waals surface area contributed by atoms with Gasteiger partial charge in [-0.15, -0.1) is 10.2 Å². The molecule has 0 amide bonds. The summed E-state index contributed by atoms with van der Waals surface area (Å²) in [6.07, 6.45) is 0. The molecule has 2 aromatic rings. The normalized spacial score (nSPS) is 11.5. The van der Waals surface area contributed by atoms with E-state index in [2.05, 4.69) is 20.2 Å². The van der Waals surface area contributed by atoms with Gasteiger partial charge in [-0.25, -0.2) is 8.42 Å². The van der Waals surface area contributed by atoms with Crippen LogP contribution in [0.4, 0.5) is 5.13 Å². The molecule has 2 N–H and O–H groups in total. The monoisotopic (exact) mass is 312 g/mol. The molecule has 0 aliphatic carbocycles. The van der Waals surface area contributed by atoms with Crippen molar-refractivity contribution in [1.82, 2.24) is 15.5 Å². The average Bonchev–Trinajstić information content (AvgIpc) is 2.81. The lowest BCUT2D eigenvalue weighted by atomic mass is 10.2. The molecule has 0 bridgehead atoms. The van der Waals surface area contributed by atoms with Gasteiger partial charge in [-0.05, 0) is 31.2 Å². The molecular weight excluding hydrogens is 296 g/mol. The Hall–Kier alpha value is -1.51. The van der Waals surface area contributed by atoms with Crippen molar-refractivity contribution in [3.8, 4) is 0 Å².